The molecule has 1 fully saturated rings. The Hall–Kier alpha value is -2.40. The molecule has 2 aromatic carbocycles. The van der Waals surface area contributed by atoms with Crippen molar-refractivity contribution in [1.29, 1.82) is 0 Å². The van der Waals surface area contributed by atoms with Gasteiger partial charge in [0.2, 0.25) is 0 Å². The smallest absolute Gasteiger partial charge is 0.254 e. The van der Waals surface area contributed by atoms with Crippen molar-refractivity contribution in [3.05, 3.63) is 70.0 Å². The summed E-state index contributed by atoms with van der Waals surface area (Å²) < 4.78 is 13.7. The van der Waals surface area contributed by atoms with Crippen molar-refractivity contribution in [2.45, 2.75) is 6.92 Å². The summed E-state index contributed by atoms with van der Waals surface area (Å²) >= 11 is 5.93. The SMILES string of the molecule is Cc1c(F)cccc1C(=O)N1CCN(C(=O)c2cccc(Cl)c2)CC1. The Kier molecular flexibility index (Phi) is 5.04. The third kappa shape index (κ3) is 3.66. The summed E-state index contributed by atoms with van der Waals surface area (Å²) in [6.07, 6.45) is 0. The lowest BCUT2D eigenvalue weighted by molar-refractivity contribution is 0.0535. The highest BCUT2D eigenvalue weighted by Gasteiger charge is 2.26. The lowest BCUT2D eigenvalue weighted by Gasteiger charge is -2.35. The molecule has 4 nitrogen and oxygen atoms in total. The van der Waals surface area contributed by atoms with E-state index in [1.165, 1.54) is 12.1 Å². The average molecular weight is 361 g/mol. The highest BCUT2D eigenvalue weighted by atomic mass is 35.5. The third-order valence-electron chi connectivity index (χ3n) is 4.42. The van der Waals surface area contributed by atoms with E-state index in [9.17, 15) is 14.0 Å². The van der Waals surface area contributed by atoms with Crippen LogP contribution in [0.15, 0.2) is 42.5 Å². The molecule has 0 N–H and O–H groups in total. The van der Waals surface area contributed by atoms with Crippen molar-refractivity contribution in [1.82, 2.24) is 9.80 Å². The molecule has 6 heteroatoms. The van der Waals surface area contributed by atoms with Gasteiger partial charge in [-0.2, -0.15) is 0 Å². The minimum atomic E-state index is -0.388. The van der Waals surface area contributed by atoms with Gasteiger partial charge in [0.05, 0.1) is 0 Å². The first-order chi connectivity index (χ1) is 12.0. The van der Waals surface area contributed by atoms with Gasteiger partial charge in [-0.05, 0) is 42.8 Å². The minimum Gasteiger partial charge on any atom is -0.335 e. The average Bonchev–Trinajstić information content (AvgIpc) is 2.63. The Morgan fingerprint density at radius 3 is 2.20 bits per heavy atom. The predicted molar refractivity (Wildman–Crippen MR) is 94.4 cm³/mol. The summed E-state index contributed by atoms with van der Waals surface area (Å²) in [6, 6.07) is 11.3. The largest absolute Gasteiger partial charge is 0.335 e. The van der Waals surface area contributed by atoms with Crippen LogP contribution < -0.4 is 0 Å². The van der Waals surface area contributed by atoms with Crippen LogP contribution in [0.3, 0.4) is 0 Å². The normalized spacial score (nSPS) is 14.5. The van der Waals surface area contributed by atoms with Crippen LogP contribution in [0.4, 0.5) is 4.39 Å². The van der Waals surface area contributed by atoms with Gasteiger partial charge in [-0.25, -0.2) is 4.39 Å². The minimum absolute atomic E-state index is 0.100. The van der Waals surface area contributed by atoms with E-state index < -0.39 is 0 Å². The lowest BCUT2D eigenvalue weighted by atomic mass is 10.1. The van der Waals surface area contributed by atoms with Crippen LogP contribution in [0.25, 0.3) is 0 Å². The second-order valence-electron chi connectivity index (χ2n) is 6.01. The van der Waals surface area contributed by atoms with E-state index in [2.05, 4.69) is 0 Å². The summed E-state index contributed by atoms with van der Waals surface area (Å²) in [5, 5.41) is 0.515. The first-order valence-corrected chi connectivity index (χ1v) is 8.44. The van der Waals surface area contributed by atoms with Crippen LogP contribution in [-0.2, 0) is 0 Å². The lowest BCUT2D eigenvalue weighted by Crippen LogP contribution is -2.50. The van der Waals surface area contributed by atoms with Crippen molar-refractivity contribution < 1.29 is 14.0 Å². The molecule has 0 atom stereocenters. The van der Waals surface area contributed by atoms with E-state index in [0.717, 1.165) is 0 Å². The Labute approximate surface area is 150 Å². The zero-order valence-electron chi connectivity index (χ0n) is 13.8. The third-order valence-corrected chi connectivity index (χ3v) is 4.66. The summed E-state index contributed by atoms with van der Waals surface area (Å²) in [4.78, 5) is 28.5. The van der Waals surface area contributed by atoms with Crippen molar-refractivity contribution >= 4 is 23.4 Å². The molecular formula is C19H18ClFN2O2. The van der Waals surface area contributed by atoms with Crippen LogP contribution in [0.1, 0.15) is 26.3 Å². The number of amides is 2. The molecule has 0 radical (unpaired) electrons. The molecule has 0 aromatic heterocycles. The zero-order chi connectivity index (χ0) is 18.0. The molecule has 1 heterocycles. The van der Waals surface area contributed by atoms with Gasteiger partial charge in [0, 0.05) is 42.3 Å². The topological polar surface area (TPSA) is 40.6 Å². The number of hydrogen-bond acceptors (Lipinski definition) is 2. The monoisotopic (exact) mass is 360 g/mol. The molecule has 1 saturated heterocycles. The maximum absolute atomic E-state index is 13.7. The molecule has 1 aliphatic rings. The van der Waals surface area contributed by atoms with Crippen LogP contribution in [0, 0.1) is 12.7 Å². The number of hydrogen-bond donors (Lipinski definition) is 0. The first kappa shape index (κ1) is 17.4. The van der Waals surface area contributed by atoms with Gasteiger partial charge in [-0.15, -0.1) is 0 Å². The Morgan fingerprint density at radius 1 is 0.960 bits per heavy atom. The first-order valence-electron chi connectivity index (χ1n) is 8.06. The Morgan fingerprint density at radius 2 is 1.56 bits per heavy atom. The van der Waals surface area contributed by atoms with E-state index >= 15 is 0 Å². The quantitative estimate of drug-likeness (QED) is 0.823. The van der Waals surface area contributed by atoms with E-state index in [0.29, 0.717) is 47.9 Å². The van der Waals surface area contributed by atoms with Crippen molar-refractivity contribution in [2.75, 3.05) is 26.2 Å². The summed E-state index contributed by atoms with van der Waals surface area (Å²) in [7, 11) is 0. The molecule has 2 amide bonds. The summed E-state index contributed by atoms with van der Waals surface area (Å²) in [5.41, 5.74) is 1.26. The molecule has 3 rings (SSSR count). The van der Waals surface area contributed by atoms with Gasteiger partial charge in [0.15, 0.2) is 0 Å². The molecule has 0 bridgehead atoms. The summed E-state index contributed by atoms with van der Waals surface area (Å²) in [5.74, 6) is -0.691. The number of benzene rings is 2. The molecule has 0 unspecified atom stereocenters. The molecule has 130 valence electrons. The standard InChI is InChI=1S/C19H18ClFN2O2/c1-13-16(6-3-7-17(13)21)19(25)23-10-8-22(9-11-23)18(24)14-4-2-5-15(20)12-14/h2-7,12H,8-11H2,1H3. The fourth-order valence-corrected chi connectivity index (χ4v) is 3.12. The van der Waals surface area contributed by atoms with Gasteiger partial charge in [0.25, 0.3) is 11.8 Å². The number of piperazine rings is 1. The van der Waals surface area contributed by atoms with E-state index in [1.807, 2.05) is 0 Å². The van der Waals surface area contributed by atoms with Crippen molar-refractivity contribution in [2.24, 2.45) is 0 Å². The van der Waals surface area contributed by atoms with Crippen LogP contribution in [0.5, 0.6) is 0 Å². The number of carbonyl (C=O) groups excluding carboxylic acids is 2. The second kappa shape index (κ2) is 7.23. The number of halogens is 2. The maximum Gasteiger partial charge on any atom is 0.254 e. The van der Waals surface area contributed by atoms with Gasteiger partial charge in [-0.1, -0.05) is 23.7 Å². The highest BCUT2D eigenvalue weighted by Crippen LogP contribution is 2.17. The molecule has 0 saturated carbocycles. The second-order valence-corrected chi connectivity index (χ2v) is 6.44. The molecular weight excluding hydrogens is 343 g/mol. The van der Waals surface area contributed by atoms with Gasteiger partial charge in [-0.3, -0.25) is 9.59 Å². The van der Waals surface area contributed by atoms with E-state index in [4.69, 9.17) is 11.6 Å². The molecule has 1 aliphatic heterocycles. The molecule has 2 aromatic rings. The maximum atomic E-state index is 13.7. The van der Waals surface area contributed by atoms with Crippen molar-refractivity contribution in [3.8, 4) is 0 Å². The van der Waals surface area contributed by atoms with Gasteiger partial charge in [0.1, 0.15) is 5.82 Å². The number of nitrogens with zero attached hydrogens (tertiary/aromatic N) is 2. The number of carbonyl (C=O) groups is 2. The Balaban J connectivity index is 1.66. The van der Waals surface area contributed by atoms with Crippen molar-refractivity contribution in [3.63, 3.8) is 0 Å². The molecule has 25 heavy (non-hydrogen) atoms. The van der Waals surface area contributed by atoms with Gasteiger partial charge < -0.3 is 9.80 Å². The molecule has 0 spiro atoms. The van der Waals surface area contributed by atoms with Crippen LogP contribution >= 0.6 is 11.6 Å². The predicted octanol–water partition coefficient (Wildman–Crippen LogP) is 3.39. The van der Waals surface area contributed by atoms with Gasteiger partial charge >= 0.3 is 0 Å². The summed E-state index contributed by atoms with van der Waals surface area (Å²) in [6.45, 7) is 3.31. The van der Waals surface area contributed by atoms with Crippen LogP contribution in [0.2, 0.25) is 5.02 Å². The zero-order valence-corrected chi connectivity index (χ0v) is 14.6. The van der Waals surface area contributed by atoms with Crippen LogP contribution in [-0.4, -0.2) is 47.8 Å². The molecule has 0 aliphatic carbocycles. The number of rotatable bonds is 2. The fourth-order valence-electron chi connectivity index (χ4n) is 2.93. The Bertz CT molecular complexity index is 817. The fraction of sp³-hybridized carbons (Fsp3) is 0.263. The van der Waals surface area contributed by atoms with E-state index in [-0.39, 0.29) is 17.6 Å². The van der Waals surface area contributed by atoms with E-state index in [1.54, 1.807) is 47.1 Å². The highest BCUT2D eigenvalue weighted by molar-refractivity contribution is 6.30.